The minimum atomic E-state index is -0.130. The lowest BCUT2D eigenvalue weighted by molar-refractivity contribution is 0.0738. The molecule has 0 saturated carbocycles. The SMILES string of the molecule is CN(C)c1cncc(O[C@@H]2CCN(C(=O)c3ccc(Br)o3)C2)n1. The van der Waals surface area contributed by atoms with Gasteiger partial charge in [0.1, 0.15) is 6.10 Å². The van der Waals surface area contributed by atoms with E-state index in [0.717, 1.165) is 12.2 Å². The molecule has 1 fully saturated rings. The highest BCUT2D eigenvalue weighted by molar-refractivity contribution is 9.10. The predicted octanol–water partition coefficient (Wildman–Crippen LogP) is 2.19. The topological polar surface area (TPSA) is 71.7 Å². The van der Waals surface area contributed by atoms with Crippen molar-refractivity contribution in [1.82, 2.24) is 14.9 Å². The van der Waals surface area contributed by atoms with E-state index in [-0.39, 0.29) is 12.0 Å². The van der Waals surface area contributed by atoms with Crippen molar-refractivity contribution in [2.75, 3.05) is 32.1 Å². The number of halogens is 1. The average molecular weight is 381 g/mol. The number of aromatic nitrogens is 2. The van der Waals surface area contributed by atoms with Crippen LogP contribution in [0.4, 0.5) is 5.82 Å². The lowest BCUT2D eigenvalue weighted by Gasteiger charge is -2.16. The maximum Gasteiger partial charge on any atom is 0.289 e. The summed E-state index contributed by atoms with van der Waals surface area (Å²) in [5, 5.41) is 0. The maximum absolute atomic E-state index is 12.3. The number of likely N-dealkylation sites (tertiary alicyclic amines) is 1. The molecule has 1 aliphatic rings. The molecule has 1 amide bonds. The van der Waals surface area contributed by atoms with Crippen LogP contribution >= 0.6 is 15.9 Å². The Balaban J connectivity index is 1.62. The van der Waals surface area contributed by atoms with E-state index in [1.807, 2.05) is 19.0 Å². The molecule has 1 atom stereocenters. The van der Waals surface area contributed by atoms with Crippen LogP contribution in [0.25, 0.3) is 0 Å². The molecular formula is C15H17BrN4O3. The van der Waals surface area contributed by atoms with Gasteiger partial charge in [0.05, 0.1) is 18.9 Å². The van der Waals surface area contributed by atoms with E-state index in [0.29, 0.717) is 29.4 Å². The lowest BCUT2D eigenvalue weighted by atomic mass is 10.3. The molecule has 2 aromatic rings. The molecule has 0 unspecified atom stereocenters. The molecule has 7 nitrogen and oxygen atoms in total. The number of amides is 1. The summed E-state index contributed by atoms with van der Waals surface area (Å²) in [6.07, 6.45) is 3.92. The van der Waals surface area contributed by atoms with Gasteiger partial charge in [-0.3, -0.25) is 9.78 Å². The first-order valence-corrected chi connectivity index (χ1v) is 8.03. The van der Waals surface area contributed by atoms with Gasteiger partial charge < -0.3 is 19.0 Å². The summed E-state index contributed by atoms with van der Waals surface area (Å²) < 4.78 is 11.7. The monoisotopic (exact) mass is 380 g/mol. The second-order valence-electron chi connectivity index (χ2n) is 5.49. The molecular weight excluding hydrogens is 364 g/mol. The lowest BCUT2D eigenvalue weighted by Crippen LogP contribution is -2.30. The second kappa shape index (κ2) is 6.57. The van der Waals surface area contributed by atoms with E-state index in [4.69, 9.17) is 9.15 Å². The van der Waals surface area contributed by atoms with Gasteiger partial charge in [0.15, 0.2) is 16.2 Å². The molecule has 1 aliphatic heterocycles. The Bertz CT molecular complexity index is 704. The summed E-state index contributed by atoms with van der Waals surface area (Å²) in [7, 11) is 3.79. The van der Waals surface area contributed by atoms with Gasteiger partial charge in [-0.25, -0.2) is 0 Å². The number of furan rings is 1. The fourth-order valence-electron chi connectivity index (χ4n) is 2.38. The molecule has 0 aromatic carbocycles. The zero-order chi connectivity index (χ0) is 16.4. The molecule has 0 N–H and O–H groups in total. The first-order valence-electron chi connectivity index (χ1n) is 7.23. The van der Waals surface area contributed by atoms with Crippen LogP contribution in [0.1, 0.15) is 17.0 Å². The van der Waals surface area contributed by atoms with Crippen LogP contribution in [0.3, 0.4) is 0 Å². The van der Waals surface area contributed by atoms with E-state index >= 15 is 0 Å². The smallest absolute Gasteiger partial charge is 0.289 e. The molecule has 1 saturated heterocycles. The number of carbonyl (C=O) groups excluding carboxylic acids is 1. The Morgan fingerprint density at radius 2 is 2.26 bits per heavy atom. The molecule has 3 rings (SSSR count). The van der Waals surface area contributed by atoms with Crippen LogP contribution in [0.5, 0.6) is 5.88 Å². The first-order chi connectivity index (χ1) is 11.0. The molecule has 0 radical (unpaired) electrons. The number of anilines is 1. The predicted molar refractivity (Wildman–Crippen MR) is 87.7 cm³/mol. The van der Waals surface area contributed by atoms with Gasteiger partial charge in [-0.05, 0) is 28.1 Å². The quantitative estimate of drug-likeness (QED) is 0.809. The third-order valence-electron chi connectivity index (χ3n) is 3.56. The number of ether oxygens (including phenoxy) is 1. The van der Waals surface area contributed by atoms with E-state index in [9.17, 15) is 4.79 Å². The molecule has 122 valence electrons. The van der Waals surface area contributed by atoms with E-state index in [1.54, 1.807) is 29.4 Å². The Kier molecular flexibility index (Phi) is 4.51. The number of hydrogen-bond acceptors (Lipinski definition) is 6. The Morgan fingerprint density at radius 1 is 1.43 bits per heavy atom. The zero-order valence-electron chi connectivity index (χ0n) is 12.9. The van der Waals surface area contributed by atoms with Gasteiger partial charge in [-0.1, -0.05) is 0 Å². The second-order valence-corrected chi connectivity index (χ2v) is 6.27. The zero-order valence-corrected chi connectivity index (χ0v) is 14.5. The van der Waals surface area contributed by atoms with E-state index in [2.05, 4.69) is 25.9 Å². The fourth-order valence-corrected chi connectivity index (χ4v) is 2.68. The summed E-state index contributed by atoms with van der Waals surface area (Å²) in [5.74, 6) is 1.40. The van der Waals surface area contributed by atoms with Crippen LogP contribution in [0.15, 0.2) is 33.6 Å². The van der Waals surface area contributed by atoms with Crippen LogP contribution in [-0.2, 0) is 0 Å². The third kappa shape index (κ3) is 3.64. The third-order valence-corrected chi connectivity index (χ3v) is 3.99. The maximum atomic E-state index is 12.3. The molecule has 2 aromatic heterocycles. The highest BCUT2D eigenvalue weighted by Gasteiger charge is 2.30. The van der Waals surface area contributed by atoms with Crippen molar-refractivity contribution in [3.63, 3.8) is 0 Å². The van der Waals surface area contributed by atoms with Gasteiger partial charge in [0, 0.05) is 27.1 Å². The normalized spacial score (nSPS) is 17.3. The van der Waals surface area contributed by atoms with Gasteiger partial charge in [-0.2, -0.15) is 4.98 Å². The number of nitrogens with zero attached hydrogens (tertiary/aromatic N) is 4. The molecule has 0 bridgehead atoms. The van der Waals surface area contributed by atoms with Crippen molar-refractivity contribution < 1.29 is 13.9 Å². The molecule has 3 heterocycles. The van der Waals surface area contributed by atoms with E-state index in [1.165, 1.54) is 0 Å². The summed E-state index contributed by atoms with van der Waals surface area (Å²) in [5.41, 5.74) is 0. The highest BCUT2D eigenvalue weighted by Crippen LogP contribution is 2.21. The van der Waals surface area contributed by atoms with Crippen molar-refractivity contribution in [1.29, 1.82) is 0 Å². The Labute approximate surface area is 142 Å². The summed E-state index contributed by atoms with van der Waals surface area (Å²) in [4.78, 5) is 24.4. The van der Waals surface area contributed by atoms with Crippen molar-refractivity contribution in [3.8, 4) is 5.88 Å². The summed E-state index contributed by atoms with van der Waals surface area (Å²) in [6, 6.07) is 3.37. The van der Waals surface area contributed by atoms with Crippen LogP contribution in [-0.4, -0.2) is 54.1 Å². The highest BCUT2D eigenvalue weighted by atomic mass is 79.9. The summed E-state index contributed by atoms with van der Waals surface area (Å²) in [6.45, 7) is 1.13. The molecule has 23 heavy (non-hydrogen) atoms. The molecule has 8 heteroatoms. The van der Waals surface area contributed by atoms with Gasteiger partial charge >= 0.3 is 0 Å². The van der Waals surface area contributed by atoms with Crippen molar-refractivity contribution in [2.24, 2.45) is 0 Å². The van der Waals surface area contributed by atoms with Crippen molar-refractivity contribution in [2.45, 2.75) is 12.5 Å². The van der Waals surface area contributed by atoms with Gasteiger partial charge in [0.25, 0.3) is 5.91 Å². The number of rotatable bonds is 4. The standard InChI is InChI=1S/C15H17BrN4O3/c1-19(2)13-7-17-8-14(18-13)22-10-5-6-20(9-10)15(21)11-3-4-12(16)23-11/h3-4,7-8,10H,5-6,9H2,1-2H3/t10-/m1/s1. The Morgan fingerprint density at radius 3 is 2.96 bits per heavy atom. The van der Waals surface area contributed by atoms with E-state index < -0.39 is 0 Å². The van der Waals surface area contributed by atoms with Crippen LogP contribution in [0, 0.1) is 0 Å². The Hall–Kier alpha value is -2.09. The average Bonchev–Trinajstić information content (AvgIpc) is 3.16. The molecule has 0 aliphatic carbocycles. The molecule has 0 spiro atoms. The van der Waals surface area contributed by atoms with Crippen LogP contribution in [0.2, 0.25) is 0 Å². The summed E-state index contributed by atoms with van der Waals surface area (Å²) >= 11 is 3.20. The largest absolute Gasteiger partial charge is 0.471 e. The van der Waals surface area contributed by atoms with Crippen LogP contribution < -0.4 is 9.64 Å². The van der Waals surface area contributed by atoms with Gasteiger partial charge in [0.2, 0.25) is 5.88 Å². The number of carbonyl (C=O) groups is 1. The minimum Gasteiger partial charge on any atom is -0.471 e. The van der Waals surface area contributed by atoms with Crippen molar-refractivity contribution in [3.05, 3.63) is 35.0 Å². The minimum absolute atomic E-state index is 0.0935. The van der Waals surface area contributed by atoms with Crippen molar-refractivity contribution >= 4 is 27.7 Å². The van der Waals surface area contributed by atoms with Gasteiger partial charge in [-0.15, -0.1) is 0 Å². The number of hydrogen-bond donors (Lipinski definition) is 0. The first kappa shape index (κ1) is 15.8. The fraction of sp³-hybridized carbons (Fsp3) is 0.400.